The molecule has 0 spiro atoms. The molecule has 0 aromatic heterocycles. The van der Waals surface area contributed by atoms with Gasteiger partial charge in [0.15, 0.2) is 0 Å². The van der Waals surface area contributed by atoms with E-state index < -0.39 is 0 Å². The Hall–Kier alpha value is -0.715. The summed E-state index contributed by atoms with van der Waals surface area (Å²) in [4.78, 5) is 0. The van der Waals surface area contributed by atoms with E-state index in [4.69, 9.17) is 0 Å². The van der Waals surface area contributed by atoms with Gasteiger partial charge in [-0.2, -0.15) is 0 Å². The summed E-state index contributed by atoms with van der Waals surface area (Å²) in [7, 11) is 2.19. The van der Waals surface area contributed by atoms with Crippen molar-refractivity contribution >= 4 is 12.7 Å². The van der Waals surface area contributed by atoms with Crippen molar-refractivity contribution in [2.75, 3.05) is 0 Å². The minimum Gasteiger partial charge on any atom is -0.0872 e. The number of hydrogen-bond acceptors (Lipinski definition) is 0. The zero-order valence-corrected chi connectivity index (χ0v) is 9.96. The van der Waals surface area contributed by atoms with Crippen LogP contribution < -0.4 is 5.46 Å². The minimum atomic E-state index is 0.611. The maximum Gasteiger partial charge on any atom is 0.148 e. The normalized spacial score (nSPS) is 11.1. The second-order valence-electron chi connectivity index (χ2n) is 4.49. The molecule has 0 bridgehead atoms. The van der Waals surface area contributed by atoms with Crippen molar-refractivity contribution in [1.29, 1.82) is 0 Å². The topological polar surface area (TPSA) is 0 Å². The molecule has 1 aromatic carbocycles. The first-order chi connectivity index (χ1) is 6.56. The molecule has 0 heterocycles. The SMILES string of the molecule is C[B]c1ccc(C(C)C)cc1C(C)C. The van der Waals surface area contributed by atoms with Gasteiger partial charge in [0.05, 0.1) is 0 Å². The van der Waals surface area contributed by atoms with Crippen LogP contribution in [0.25, 0.3) is 0 Å². The molecule has 1 rings (SSSR count). The molecule has 1 aromatic rings. The molecule has 0 aliphatic heterocycles. The number of hydrogen-bond donors (Lipinski definition) is 0. The molecule has 75 valence electrons. The number of benzene rings is 1. The molecule has 0 N–H and O–H groups in total. The second kappa shape index (κ2) is 4.68. The molecule has 0 saturated carbocycles. The van der Waals surface area contributed by atoms with Gasteiger partial charge in [-0.05, 0) is 17.4 Å². The Morgan fingerprint density at radius 1 is 1.00 bits per heavy atom. The van der Waals surface area contributed by atoms with Gasteiger partial charge in [-0.3, -0.25) is 0 Å². The standard InChI is InChI=1S/C13H20B/c1-9(2)11-6-7-13(14-5)12(8-11)10(3)4/h6-10H,1-5H3. The van der Waals surface area contributed by atoms with E-state index in [2.05, 4.69) is 60.0 Å². The number of rotatable bonds is 3. The summed E-state index contributed by atoms with van der Waals surface area (Å²) in [6.45, 7) is 11.1. The van der Waals surface area contributed by atoms with Gasteiger partial charge in [-0.15, -0.1) is 0 Å². The Bertz CT molecular complexity index is 300. The van der Waals surface area contributed by atoms with E-state index >= 15 is 0 Å². The van der Waals surface area contributed by atoms with Crippen LogP contribution in [0.4, 0.5) is 0 Å². The monoisotopic (exact) mass is 187 g/mol. The summed E-state index contributed by atoms with van der Waals surface area (Å²) < 4.78 is 0. The van der Waals surface area contributed by atoms with Crippen LogP contribution >= 0.6 is 0 Å². The van der Waals surface area contributed by atoms with Crippen molar-refractivity contribution in [3.8, 4) is 0 Å². The second-order valence-corrected chi connectivity index (χ2v) is 4.49. The lowest BCUT2D eigenvalue weighted by Gasteiger charge is -2.15. The summed E-state index contributed by atoms with van der Waals surface area (Å²) >= 11 is 0. The molecule has 0 amide bonds. The molecule has 0 nitrogen and oxygen atoms in total. The zero-order chi connectivity index (χ0) is 10.7. The Labute approximate surface area is 89.0 Å². The smallest absolute Gasteiger partial charge is 0.0872 e. The Morgan fingerprint density at radius 2 is 1.64 bits per heavy atom. The fraction of sp³-hybridized carbons (Fsp3) is 0.538. The highest BCUT2D eigenvalue weighted by Gasteiger charge is 2.08. The van der Waals surface area contributed by atoms with Crippen molar-refractivity contribution in [1.82, 2.24) is 0 Å². The maximum absolute atomic E-state index is 2.35. The average Bonchev–Trinajstić information content (AvgIpc) is 2.16. The third-order valence-corrected chi connectivity index (χ3v) is 2.71. The zero-order valence-electron chi connectivity index (χ0n) is 9.96. The first kappa shape index (κ1) is 11.4. The van der Waals surface area contributed by atoms with E-state index in [1.165, 1.54) is 16.6 Å². The molecule has 14 heavy (non-hydrogen) atoms. The lowest BCUT2D eigenvalue weighted by Crippen LogP contribution is -2.18. The predicted molar refractivity (Wildman–Crippen MR) is 65.9 cm³/mol. The highest BCUT2D eigenvalue weighted by molar-refractivity contribution is 6.52. The minimum absolute atomic E-state index is 0.611. The van der Waals surface area contributed by atoms with E-state index in [9.17, 15) is 0 Å². The van der Waals surface area contributed by atoms with Gasteiger partial charge in [0.2, 0.25) is 0 Å². The summed E-state index contributed by atoms with van der Waals surface area (Å²) in [6.07, 6.45) is 0. The highest BCUT2D eigenvalue weighted by Crippen LogP contribution is 2.19. The molecule has 0 saturated heterocycles. The lowest BCUT2D eigenvalue weighted by atomic mass is 9.68. The summed E-state index contributed by atoms with van der Waals surface area (Å²) in [5, 5.41) is 0. The van der Waals surface area contributed by atoms with Crippen molar-refractivity contribution in [3.05, 3.63) is 29.3 Å². The van der Waals surface area contributed by atoms with Crippen LogP contribution in [0.5, 0.6) is 0 Å². The van der Waals surface area contributed by atoms with Crippen molar-refractivity contribution in [2.24, 2.45) is 0 Å². The average molecular weight is 187 g/mol. The van der Waals surface area contributed by atoms with E-state index in [1.54, 1.807) is 0 Å². The third kappa shape index (κ3) is 2.40. The molecule has 0 fully saturated rings. The summed E-state index contributed by atoms with van der Waals surface area (Å²) in [5.41, 5.74) is 4.29. The lowest BCUT2D eigenvalue weighted by molar-refractivity contribution is 0.838. The molecular formula is C13H20B. The van der Waals surface area contributed by atoms with Gasteiger partial charge in [-0.25, -0.2) is 0 Å². The van der Waals surface area contributed by atoms with Gasteiger partial charge in [0.25, 0.3) is 0 Å². The maximum atomic E-state index is 2.35. The van der Waals surface area contributed by atoms with Crippen LogP contribution in [-0.4, -0.2) is 7.28 Å². The molecule has 0 aliphatic rings. The van der Waals surface area contributed by atoms with Gasteiger partial charge in [-0.1, -0.05) is 63.7 Å². The van der Waals surface area contributed by atoms with Crippen LogP contribution in [0.3, 0.4) is 0 Å². The molecular weight excluding hydrogens is 167 g/mol. The molecule has 0 aliphatic carbocycles. The Morgan fingerprint density at radius 3 is 2.07 bits per heavy atom. The van der Waals surface area contributed by atoms with Gasteiger partial charge >= 0.3 is 0 Å². The predicted octanol–water partition coefficient (Wildman–Crippen LogP) is 3.31. The van der Waals surface area contributed by atoms with Gasteiger partial charge < -0.3 is 0 Å². The Balaban J connectivity index is 3.14. The Kier molecular flexibility index (Phi) is 3.80. The van der Waals surface area contributed by atoms with Crippen LogP contribution in [-0.2, 0) is 0 Å². The van der Waals surface area contributed by atoms with E-state index in [0.29, 0.717) is 11.8 Å². The van der Waals surface area contributed by atoms with Crippen LogP contribution in [0.2, 0.25) is 6.82 Å². The van der Waals surface area contributed by atoms with Gasteiger partial charge in [0, 0.05) is 0 Å². The first-order valence-electron chi connectivity index (χ1n) is 5.49. The summed E-state index contributed by atoms with van der Waals surface area (Å²) in [5.74, 6) is 1.23. The largest absolute Gasteiger partial charge is 0.148 e. The molecule has 0 atom stereocenters. The third-order valence-electron chi connectivity index (χ3n) is 2.71. The van der Waals surface area contributed by atoms with Crippen LogP contribution in [0, 0.1) is 0 Å². The van der Waals surface area contributed by atoms with Crippen molar-refractivity contribution in [2.45, 2.75) is 46.4 Å². The first-order valence-corrected chi connectivity index (χ1v) is 5.49. The fourth-order valence-corrected chi connectivity index (χ4v) is 1.72. The van der Waals surface area contributed by atoms with Gasteiger partial charge in [0.1, 0.15) is 7.28 Å². The quantitative estimate of drug-likeness (QED) is 0.637. The van der Waals surface area contributed by atoms with Crippen LogP contribution in [0.15, 0.2) is 18.2 Å². The van der Waals surface area contributed by atoms with Crippen LogP contribution in [0.1, 0.15) is 50.7 Å². The highest BCUT2D eigenvalue weighted by atomic mass is 14.1. The fourth-order valence-electron chi connectivity index (χ4n) is 1.72. The summed E-state index contributed by atoms with van der Waals surface area (Å²) in [6, 6.07) is 6.83. The molecule has 1 heteroatoms. The van der Waals surface area contributed by atoms with E-state index in [1.807, 2.05) is 0 Å². The van der Waals surface area contributed by atoms with Crippen molar-refractivity contribution in [3.63, 3.8) is 0 Å². The van der Waals surface area contributed by atoms with E-state index in [0.717, 1.165) is 0 Å². The van der Waals surface area contributed by atoms with E-state index in [-0.39, 0.29) is 0 Å². The molecule has 0 unspecified atom stereocenters. The molecule has 1 radical (unpaired) electrons. The van der Waals surface area contributed by atoms with Crippen molar-refractivity contribution < 1.29 is 0 Å².